The van der Waals surface area contributed by atoms with Gasteiger partial charge in [-0.25, -0.2) is 0 Å². The molecule has 0 aliphatic carbocycles. The molecule has 0 amide bonds. The van der Waals surface area contributed by atoms with Crippen molar-refractivity contribution in [3.05, 3.63) is 6.20 Å². The number of nitrogens with zero attached hydrogens (tertiary/aromatic N) is 5. The molecule has 8 heteroatoms. The smallest absolute Gasteiger partial charge is 0.226 e. The van der Waals surface area contributed by atoms with Gasteiger partial charge in [0, 0.05) is 26.2 Å². The molecule has 140 valence electrons. The summed E-state index contributed by atoms with van der Waals surface area (Å²) in [6.07, 6.45) is 1.77. The SMILES string of the molecule is CCN(CC)CCNc1nc(NCCN(CC)CC)c2cn[nH]c2n1. The highest BCUT2D eigenvalue weighted by atomic mass is 15.2. The van der Waals surface area contributed by atoms with Crippen molar-refractivity contribution in [2.75, 3.05) is 63.0 Å². The highest BCUT2D eigenvalue weighted by molar-refractivity contribution is 5.86. The van der Waals surface area contributed by atoms with Crippen LogP contribution in [0.4, 0.5) is 11.8 Å². The van der Waals surface area contributed by atoms with Crippen LogP contribution in [0.5, 0.6) is 0 Å². The molecule has 0 fully saturated rings. The van der Waals surface area contributed by atoms with E-state index >= 15 is 0 Å². The van der Waals surface area contributed by atoms with E-state index in [4.69, 9.17) is 0 Å². The zero-order valence-electron chi connectivity index (χ0n) is 16.0. The number of anilines is 2. The topological polar surface area (TPSA) is 85.0 Å². The van der Waals surface area contributed by atoms with Crippen molar-refractivity contribution in [2.24, 2.45) is 0 Å². The van der Waals surface area contributed by atoms with Gasteiger partial charge in [-0.15, -0.1) is 0 Å². The Kier molecular flexibility index (Phi) is 7.87. The first kappa shape index (κ1) is 19.4. The van der Waals surface area contributed by atoms with E-state index in [1.807, 2.05) is 0 Å². The van der Waals surface area contributed by atoms with Crippen LogP contribution in [0.1, 0.15) is 27.7 Å². The second kappa shape index (κ2) is 10.1. The van der Waals surface area contributed by atoms with Gasteiger partial charge in [-0.3, -0.25) is 5.10 Å². The Labute approximate surface area is 150 Å². The van der Waals surface area contributed by atoms with Crippen molar-refractivity contribution in [3.8, 4) is 0 Å². The number of nitrogens with one attached hydrogen (secondary N) is 3. The van der Waals surface area contributed by atoms with E-state index in [9.17, 15) is 0 Å². The molecule has 0 unspecified atom stereocenters. The van der Waals surface area contributed by atoms with E-state index in [1.165, 1.54) is 0 Å². The highest BCUT2D eigenvalue weighted by Gasteiger charge is 2.10. The van der Waals surface area contributed by atoms with Crippen LogP contribution in [0.15, 0.2) is 6.20 Å². The Bertz CT molecular complexity index is 618. The predicted octanol–water partition coefficient (Wildman–Crippen LogP) is 1.86. The van der Waals surface area contributed by atoms with Crippen molar-refractivity contribution in [2.45, 2.75) is 27.7 Å². The Morgan fingerprint density at radius 2 is 1.48 bits per heavy atom. The van der Waals surface area contributed by atoms with Crippen LogP contribution in [-0.4, -0.2) is 82.3 Å². The molecule has 2 heterocycles. The van der Waals surface area contributed by atoms with Gasteiger partial charge in [-0.1, -0.05) is 27.7 Å². The number of hydrogen-bond acceptors (Lipinski definition) is 7. The minimum atomic E-state index is 0.634. The quantitative estimate of drug-likeness (QED) is 0.540. The van der Waals surface area contributed by atoms with Gasteiger partial charge in [0.1, 0.15) is 5.82 Å². The molecule has 0 radical (unpaired) electrons. The van der Waals surface area contributed by atoms with E-state index in [2.05, 4.69) is 68.3 Å². The Morgan fingerprint density at radius 1 is 0.880 bits per heavy atom. The van der Waals surface area contributed by atoms with Crippen molar-refractivity contribution in [1.29, 1.82) is 0 Å². The summed E-state index contributed by atoms with van der Waals surface area (Å²) in [5, 5.41) is 14.7. The zero-order chi connectivity index (χ0) is 18.1. The van der Waals surface area contributed by atoms with Crippen molar-refractivity contribution < 1.29 is 0 Å². The van der Waals surface area contributed by atoms with Crippen molar-refractivity contribution >= 4 is 22.8 Å². The third kappa shape index (κ3) is 5.54. The van der Waals surface area contributed by atoms with E-state index in [0.29, 0.717) is 5.95 Å². The Hall–Kier alpha value is -1.93. The number of hydrogen-bond donors (Lipinski definition) is 3. The predicted molar refractivity (Wildman–Crippen MR) is 104 cm³/mol. The molecule has 2 aromatic rings. The maximum Gasteiger partial charge on any atom is 0.226 e. The first-order valence-corrected chi connectivity index (χ1v) is 9.35. The third-order valence-electron chi connectivity index (χ3n) is 4.53. The monoisotopic (exact) mass is 348 g/mol. The molecule has 0 aliphatic heterocycles. The number of rotatable bonds is 12. The first-order valence-electron chi connectivity index (χ1n) is 9.35. The van der Waals surface area contributed by atoms with E-state index in [-0.39, 0.29) is 0 Å². The molecule has 8 nitrogen and oxygen atoms in total. The average Bonchev–Trinajstić information content (AvgIpc) is 3.11. The van der Waals surface area contributed by atoms with Crippen LogP contribution < -0.4 is 10.6 Å². The maximum atomic E-state index is 4.64. The lowest BCUT2D eigenvalue weighted by atomic mass is 10.4. The molecule has 3 N–H and O–H groups in total. The average molecular weight is 348 g/mol. The van der Waals surface area contributed by atoms with Gasteiger partial charge in [0.15, 0.2) is 5.65 Å². The fraction of sp³-hybridized carbons (Fsp3) is 0.706. The Morgan fingerprint density at radius 3 is 2.08 bits per heavy atom. The zero-order valence-corrected chi connectivity index (χ0v) is 16.0. The molecule has 2 rings (SSSR count). The molecule has 0 saturated carbocycles. The van der Waals surface area contributed by atoms with Crippen LogP contribution in [-0.2, 0) is 0 Å². The van der Waals surface area contributed by atoms with Crippen molar-refractivity contribution in [1.82, 2.24) is 30.0 Å². The normalized spacial score (nSPS) is 11.6. The number of aromatic nitrogens is 4. The van der Waals surface area contributed by atoms with E-state index in [1.54, 1.807) is 6.20 Å². The van der Waals surface area contributed by atoms with Crippen LogP contribution in [0, 0.1) is 0 Å². The molecule has 0 spiro atoms. The van der Waals surface area contributed by atoms with Crippen LogP contribution in [0.2, 0.25) is 0 Å². The number of likely N-dealkylation sites (N-methyl/N-ethyl adjacent to an activating group) is 2. The van der Waals surface area contributed by atoms with Gasteiger partial charge in [0.2, 0.25) is 5.95 Å². The summed E-state index contributed by atoms with van der Waals surface area (Å²) >= 11 is 0. The summed E-state index contributed by atoms with van der Waals surface area (Å²) in [5.74, 6) is 1.46. The molecule has 2 aromatic heterocycles. The Balaban J connectivity index is 1.99. The van der Waals surface area contributed by atoms with Crippen LogP contribution in [0.3, 0.4) is 0 Å². The van der Waals surface area contributed by atoms with Gasteiger partial charge >= 0.3 is 0 Å². The van der Waals surface area contributed by atoms with Gasteiger partial charge in [0.25, 0.3) is 0 Å². The van der Waals surface area contributed by atoms with Crippen LogP contribution in [0.25, 0.3) is 11.0 Å². The third-order valence-corrected chi connectivity index (χ3v) is 4.53. The maximum absolute atomic E-state index is 4.64. The fourth-order valence-corrected chi connectivity index (χ4v) is 2.79. The van der Waals surface area contributed by atoms with Gasteiger partial charge in [-0.05, 0) is 26.2 Å². The van der Waals surface area contributed by atoms with Gasteiger partial charge in [-0.2, -0.15) is 15.1 Å². The minimum Gasteiger partial charge on any atom is -0.368 e. The van der Waals surface area contributed by atoms with Crippen LogP contribution >= 0.6 is 0 Å². The largest absolute Gasteiger partial charge is 0.368 e. The standard InChI is InChI=1S/C17H32N8/c1-5-24(6-2)11-9-18-15-14-13-20-23-16(14)22-17(21-15)19-10-12-25(7-3)8-4/h13H,5-12H2,1-4H3,(H3,18,19,20,21,22,23). The van der Waals surface area contributed by atoms with Gasteiger partial charge < -0.3 is 20.4 Å². The fourth-order valence-electron chi connectivity index (χ4n) is 2.79. The highest BCUT2D eigenvalue weighted by Crippen LogP contribution is 2.19. The van der Waals surface area contributed by atoms with Gasteiger partial charge in [0.05, 0.1) is 11.6 Å². The molecule has 0 saturated heterocycles. The summed E-state index contributed by atoms with van der Waals surface area (Å²) in [6, 6.07) is 0. The van der Waals surface area contributed by atoms with Crippen molar-refractivity contribution in [3.63, 3.8) is 0 Å². The lowest BCUT2D eigenvalue weighted by molar-refractivity contribution is 0.315. The molecule has 0 aromatic carbocycles. The molecule has 25 heavy (non-hydrogen) atoms. The lowest BCUT2D eigenvalue weighted by Gasteiger charge is -2.19. The second-order valence-electron chi connectivity index (χ2n) is 5.94. The number of aromatic amines is 1. The molecular weight excluding hydrogens is 316 g/mol. The lowest BCUT2D eigenvalue weighted by Crippen LogP contribution is -2.29. The summed E-state index contributed by atoms with van der Waals surface area (Å²) in [6.45, 7) is 16.6. The van der Waals surface area contributed by atoms with E-state index in [0.717, 1.165) is 69.2 Å². The number of fused-ring (bicyclic) bond motifs is 1. The first-order chi connectivity index (χ1) is 12.2. The molecule has 0 atom stereocenters. The summed E-state index contributed by atoms with van der Waals surface area (Å²) in [4.78, 5) is 13.9. The second-order valence-corrected chi connectivity index (χ2v) is 5.94. The minimum absolute atomic E-state index is 0.634. The van der Waals surface area contributed by atoms with E-state index < -0.39 is 0 Å². The summed E-state index contributed by atoms with van der Waals surface area (Å²) in [7, 11) is 0. The molecule has 0 aliphatic rings. The number of H-pyrrole nitrogens is 1. The molecular formula is C17H32N8. The summed E-state index contributed by atoms with van der Waals surface area (Å²) < 4.78 is 0. The molecule has 0 bridgehead atoms. The summed E-state index contributed by atoms with van der Waals surface area (Å²) in [5.41, 5.74) is 0.755.